The highest BCUT2D eigenvalue weighted by Gasteiger charge is 2.34. The Bertz CT molecular complexity index is 856. The number of benzene rings is 1. The third-order valence-corrected chi connectivity index (χ3v) is 6.09. The topological polar surface area (TPSA) is 101 Å². The number of carbonyl (C=O) groups excluding carboxylic acids is 2. The second-order valence-electron chi connectivity index (χ2n) is 8.07. The molecule has 2 aromatic rings. The molecule has 1 saturated heterocycles. The van der Waals surface area contributed by atoms with E-state index in [1.54, 1.807) is 4.90 Å². The van der Waals surface area contributed by atoms with Crippen LogP contribution in [0.25, 0.3) is 11.0 Å². The van der Waals surface area contributed by atoms with E-state index < -0.39 is 0 Å². The van der Waals surface area contributed by atoms with Crippen LogP contribution in [0.15, 0.2) is 22.7 Å². The number of nitrogen functional groups attached to an aromatic ring is 1. The molecule has 1 aromatic heterocycles. The number of carbonyl (C=O) groups is 2. The van der Waals surface area contributed by atoms with Gasteiger partial charge in [-0.3, -0.25) is 9.59 Å². The first-order chi connectivity index (χ1) is 13.6. The Morgan fingerprint density at radius 1 is 1.18 bits per heavy atom. The molecule has 1 aromatic carbocycles. The molecule has 3 N–H and O–H groups in total. The van der Waals surface area contributed by atoms with E-state index >= 15 is 0 Å². The molecule has 0 radical (unpaired) electrons. The number of nitrogens with zero attached hydrogens (tertiary/aromatic N) is 2. The lowest BCUT2D eigenvalue weighted by molar-refractivity contribution is -0.139. The zero-order valence-corrected chi connectivity index (χ0v) is 16.2. The third-order valence-electron chi connectivity index (χ3n) is 6.09. The monoisotopic (exact) mass is 384 g/mol. The summed E-state index contributed by atoms with van der Waals surface area (Å²) in [6.45, 7) is 1.07. The lowest BCUT2D eigenvalue weighted by Crippen LogP contribution is -2.46. The first-order valence-corrected chi connectivity index (χ1v) is 10.3. The SMILES string of the molecule is Nc1noc2cc(CNC(=O)[C@@H]3CCCN3C(=O)CC3CCCCC3)ccc12. The Kier molecular flexibility index (Phi) is 5.50. The second kappa shape index (κ2) is 8.20. The number of hydrogen-bond donors (Lipinski definition) is 2. The van der Waals surface area contributed by atoms with Crippen LogP contribution in [-0.2, 0) is 16.1 Å². The highest BCUT2D eigenvalue weighted by atomic mass is 16.5. The van der Waals surface area contributed by atoms with Crippen LogP contribution in [0.3, 0.4) is 0 Å². The number of amides is 2. The van der Waals surface area contributed by atoms with E-state index in [4.69, 9.17) is 10.3 Å². The van der Waals surface area contributed by atoms with Gasteiger partial charge in [0.25, 0.3) is 0 Å². The molecule has 2 fully saturated rings. The average molecular weight is 384 g/mol. The fourth-order valence-corrected chi connectivity index (χ4v) is 4.51. The van der Waals surface area contributed by atoms with Crippen molar-refractivity contribution in [2.24, 2.45) is 5.92 Å². The highest BCUT2D eigenvalue weighted by Crippen LogP contribution is 2.28. The maximum atomic E-state index is 12.8. The van der Waals surface area contributed by atoms with Crippen molar-refractivity contribution in [3.05, 3.63) is 23.8 Å². The maximum absolute atomic E-state index is 12.8. The summed E-state index contributed by atoms with van der Waals surface area (Å²) in [5.74, 6) is 0.921. The lowest BCUT2D eigenvalue weighted by atomic mass is 9.86. The number of aromatic nitrogens is 1. The summed E-state index contributed by atoms with van der Waals surface area (Å²) >= 11 is 0. The number of nitrogens with one attached hydrogen (secondary N) is 1. The number of likely N-dealkylation sites (tertiary alicyclic amines) is 1. The van der Waals surface area contributed by atoms with Crippen LogP contribution < -0.4 is 11.1 Å². The molecule has 1 aliphatic carbocycles. The molecule has 1 atom stereocenters. The number of nitrogens with two attached hydrogens (primary N) is 1. The molecular formula is C21H28N4O3. The summed E-state index contributed by atoms with van der Waals surface area (Å²) in [6, 6.07) is 5.23. The molecule has 2 amide bonds. The van der Waals surface area contributed by atoms with Crippen molar-refractivity contribution < 1.29 is 14.1 Å². The molecule has 0 bridgehead atoms. The Labute approximate surface area is 164 Å². The maximum Gasteiger partial charge on any atom is 0.243 e. The van der Waals surface area contributed by atoms with Gasteiger partial charge in [-0.25, -0.2) is 0 Å². The number of rotatable bonds is 5. The Balaban J connectivity index is 1.34. The number of anilines is 1. The van der Waals surface area contributed by atoms with E-state index in [0.717, 1.165) is 36.6 Å². The van der Waals surface area contributed by atoms with Gasteiger partial charge in [0.15, 0.2) is 11.4 Å². The van der Waals surface area contributed by atoms with Gasteiger partial charge in [-0.1, -0.05) is 30.5 Å². The van der Waals surface area contributed by atoms with E-state index in [1.165, 1.54) is 19.3 Å². The summed E-state index contributed by atoms with van der Waals surface area (Å²) in [4.78, 5) is 27.3. The van der Waals surface area contributed by atoms with Crippen LogP contribution in [0.5, 0.6) is 0 Å². The Hall–Kier alpha value is -2.57. The molecule has 28 heavy (non-hydrogen) atoms. The first kappa shape index (κ1) is 18.8. The summed E-state index contributed by atoms with van der Waals surface area (Å²) in [5, 5.41) is 7.49. The fourth-order valence-electron chi connectivity index (χ4n) is 4.51. The molecule has 7 nitrogen and oxygen atoms in total. The van der Waals surface area contributed by atoms with E-state index in [0.29, 0.717) is 36.8 Å². The Morgan fingerprint density at radius 3 is 2.82 bits per heavy atom. The van der Waals surface area contributed by atoms with Gasteiger partial charge in [-0.2, -0.15) is 0 Å². The van der Waals surface area contributed by atoms with Crippen LogP contribution in [0, 0.1) is 5.92 Å². The molecule has 0 unspecified atom stereocenters. The molecule has 4 rings (SSSR count). The van der Waals surface area contributed by atoms with Crippen LogP contribution in [0.1, 0.15) is 56.9 Å². The molecule has 2 heterocycles. The highest BCUT2D eigenvalue weighted by molar-refractivity contribution is 5.89. The normalized spacial score (nSPS) is 20.6. The number of fused-ring (bicyclic) bond motifs is 1. The summed E-state index contributed by atoms with van der Waals surface area (Å²) in [6.07, 6.45) is 8.24. The van der Waals surface area contributed by atoms with Crippen LogP contribution in [-0.4, -0.2) is 34.5 Å². The van der Waals surface area contributed by atoms with Gasteiger partial charge in [0.1, 0.15) is 6.04 Å². The van der Waals surface area contributed by atoms with Crippen molar-refractivity contribution in [1.29, 1.82) is 0 Å². The van der Waals surface area contributed by atoms with E-state index in [2.05, 4.69) is 10.5 Å². The Morgan fingerprint density at radius 2 is 2.00 bits per heavy atom. The largest absolute Gasteiger partial charge is 0.380 e. The van der Waals surface area contributed by atoms with Gasteiger partial charge >= 0.3 is 0 Å². The predicted octanol–water partition coefficient (Wildman–Crippen LogP) is 2.99. The zero-order chi connectivity index (χ0) is 19.5. The van der Waals surface area contributed by atoms with Crippen LogP contribution in [0.2, 0.25) is 0 Å². The van der Waals surface area contributed by atoms with Crippen molar-refractivity contribution in [2.45, 2.75) is 64.0 Å². The molecule has 2 aliphatic rings. The van der Waals surface area contributed by atoms with Crippen LogP contribution >= 0.6 is 0 Å². The summed E-state index contributed by atoms with van der Waals surface area (Å²) in [5.41, 5.74) is 7.25. The second-order valence-corrected chi connectivity index (χ2v) is 8.07. The average Bonchev–Trinajstić information content (AvgIpc) is 3.34. The van der Waals surface area contributed by atoms with Crippen molar-refractivity contribution >= 4 is 28.6 Å². The van der Waals surface area contributed by atoms with Crippen molar-refractivity contribution in [3.8, 4) is 0 Å². The lowest BCUT2D eigenvalue weighted by Gasteiger charge is -2.27. The van der Waals surface area contributed by atoms with Gasteiger partial charge < -0.3 is 20.5 Å². The van der Waals surface area contributed by atoms with Gasteiger partial charge in [-0.15, -0.1) is 0 Å². The van der Waals surface area contributed by atoms with E-state index in [1.807, 2.05) is 18.2 Å². The van der Waals surface area contributed by atoms with E-state index in [9.17, 15) is 9.59 Å². The molecule has 7 heteroatoms. The van der Waals surface area contributed by atoms with Crippen molar-refractivity contribution in [2.75, 3.05) is 12.3 Å². The molecule has 1 saturated carbocycles. The molecule has 150 valence electrons. The zero-order valence-electron chi connectivity index (χ0n) is 16.2. The minimum absolute atomic E-state index is 0.0772. The van der Waals surface area contributed by atoms with E-state index in [-0.39, 0.29) is 17.9 Å². The van der Waals surface area contributed by atoms with Gasteiger partial charge in [-0.05, 0) is 49.3 Å². The summed E-state index contributed by atoms with van der Waals surface area (Å²) in [7, 11) is 0. The molecular weight excluding hydrogens is 356 g/mol. The predicted molar refractivity (Wildman–Crippen MR) is 106 cm³/mol. The summed E-state index contributed by atoms with van der Waals surface area (Å²) < 4.78 is 5.18. The van der Waals surface area contributed by atoms with Gasteiger partial charge in [0.05, 0.1) is 5.39 Å². The fraction of sp³-hybridized carbons (Fsp3) is 0.571. The number of hydrogen-bond acceptors (Lipinski definition) is 5. The van der Waals surface area contributed by atoms with Gasteiger partial charge in [0.2, 0.25) is 11.8 Å². The minimum Gasteiger partial charge on any atom is -0.380 e. The van der Waals surface area contributed by atoms with Crippen molar-refractivity contribution in [3.63, 3.8) is 0 Å². The van der Waals surface area contributed by atoms with Gasteiger partial charge in [0, 0.05) is 19.5 Å². The standard InChI is InChI=1S/C21H28N4O3/c22-20-16-9-8-15(11-18(16)28-24-20)13-23-21(27)17-7-4-10-25(17)19(26)12-14-5-2-1-3-6-14/h8-9,11,14,17H,1-7,10,12-13H2,(H2,22,24)(H,23,27)/t17-/m0/s1. The van der Waals surface area contributed by atoms with Crippen molar-refractivity contribution in [1.82, 2.24) is 15.4 Å². The third kappa shape index (κ3) is 3.98. The minimum atomic E-state index is -0.347. The first-order valence-electron chi connectivity index (χ1n) is 10.3. The quantitative estimate of drug-likeness (QED) is 0.825. The smallest absolute Gasteiger partial charge is 0.243 e. The molecule has 0 spiro atoms. The molecule has 1 aliphatic heterocycles. The van der Waals surface area contributed by atoms with Crippen LogP contribution in [0.4, 0.5) is 5.82 Å².